The summed E-state index contributed by atoms with van der Waals surface area (Å²) in [6.45, 7) is 4.02. The first-order valence-corrected chi connectivity index (χ1v) is 22.4. The Kier molecular flexibility index (Phi) is 14.5. The highest BCUT2D eigenvalue weighted by Crippen LogP contribution is 2.40. The maximum Gasteiger partial charge on any atom is 0.306 e. The quantitative estimate of drug-likeness (QED) is 0.0687. The standard InChI is InChI=1S/C44H48ClN5O7S2/c1-4-34(5-2)50(25-24-48(3)39(51)22-23-40(52)57-29-30-12-7-6-8-13-30)59(55,56)36-15-11-14-31(26-36)43(54)47-44-41(37-16-9-10-17-38(37)58-44)42(53)32-27-46-49(28-32)35-20-18-33(45)19-21-35/h6-8,11-15,18-21,26-28,34H,4-5,9-10,16-17,22-25,29H2,1-3H3,(H,47,54). The van der Waals surface area contributed by atoms with E-state index >= 15 is 0 Å². The summed E-state index contributed by atoms with van der Waals surface area (Å²) in [5.74, 6) is -1.62. The Morgan fingerprint density at radius 3 is 2.37 bits per heavy atom. The molecule has 1 N–H and O–H groups in total. The van der Waals surface area contributed by atoms with Crippen molar-refractivity contribution < 1.29 is 32.3 Å². The molecule has 0 fully saturated rings. The molecule has 0 aliphatic heterocycles. The van der Waals surface area contributed by atoms with Gasteiger partial charge in [0.05, 0.1) is 34.3 Å². The van der Waals surface area contributed by atoms with Crippen LogP contribution in [0.2, 0.25) is 5.02 Å². The van der Waals surface area contributed by atoms with Gasteiger partial charge in [-0.1, -0.05) is 61.8 Å². The number of aryl methyl sites for hydroxylation is 1. The molecule has 2 aromatic heterocycles. The Morgan fingerprint density at radius 2 is 1.64 bits per heavy atom. The third kappa shape index (κ3) is 10.5. The highest BCUT2D eigenvalue weighted by molar-refractivity contribution is 7.89. The van der Waals surface area contributed by atoms with Gasteiger partial charge in [-0.05, 0) is 92.1 Å². The lowest BCUT2D eigenvalue weighted by Crippen LogP contribution is -2.44. The van der Waals surface area contributed by atoms with Crippen LogP contribution in [0.4, 0.5) is 5.00 Å². The number of nitrogens with zero attached hydrogens (tertiary/aromatic N) is 4. The van der Waals surface area contributed by atoms with Crippen molar-refractivity contribution >= 4 is 61.5 Å². The number of benzene rings is 3. The number of carbonyl (C=O) groups is 4. The molecule has 0 atom stereocenters. The van der Waals surface area contributed by atoms with Crippen LogP contribution in [0.5, 0.6) is 0 Å². The highest BCUT2D eigenvalue weighted by atomic mass is 35.5. The molecule has 3 aromatic carbocycles. The molecule has 59 heavy (non-hydrogen) atoms. The summed E-state index contributed by atoms with van der Waals surface area (Å²) in [5.41, 5.74) is 3.41. The first-order chi connectivity index (χ1) is 28.4. The first-order valence-electron chi connectivity index (χ1n) is 19.8. The molecule has 15 heteroatoms. The van der Waals surface area contributed by atoms with E-state index in [1.54, 1.807) is 42.2 Å². The van der Waals surface area contributed by atoms with Crippen LogP contribution in [-0.4, -0.2) is 77.1 Å². The number of aromatic nitrogens is 2. The molecule has 0 saturated carbocycles. The monoisotopic (exact) mass is 857 g/mol. The van der Waals surface area contributed by atoms with Crippen LogP contribution in [0.1, 0.15) is 94.7 Å². The Morgan fingerprint density at radius 1 is 0.915 bits per heavy atom. The molecule has 0 saturated heterocycles. The smallest absolute Gasteiger partial charge is 0.306 e. The SMILES string of the molecule is CCC(CC)N(CCN(C)C(=O)CCC(=O)OCc1ccccc1)S(=O)(=O)c1cccc(C(=O)Nc2sc3c(c2C(=O)c2cnn(-c4ccc(Cl)cc4)c2)CCCC3)c1. The number of sulfonamides is 1. The molecular formula is C44H48ClN5O7S2. The third-order valence-corrected chi connectivity index (χ3v) is 13.9. The summed E-state index contributed by atoms with van der Waals surface area (Å²) in [6.07, 6.45) is 7.43. The molecule has 0 unspecified atom stereocenters. The van der Waals surface area contributed by atoms with Gasteiger partial charge in [-0.25, -0.2) is 13.1 Å². The number of likely N-dealkylation sites (N-methyl/N-ethyl adjacent to an activating group) is 1. The minimum atomic E-state index is -4.14. The number of esters is 1. The Balaban J connectivity index is 1.15. The lowest BCUT2D eigenvalue weighted by molar-refractivity contribution is -0.147. The van der Waals surface area contributed by atoms with E-state index in [-0.39, 0.29) is 60.7 Å². The van der Waals surface area contributed by atoms with Crippen LogP contribution >= 0.6 is 22.9 Å². The van der Waals surface area contributed by atoms with Gasteiger partial charge >= 0.3 is 5.97 Å². The second-order valence-electron chi connectivity index (χ2n) is 14.4. The van der Waals surface area contributed by atoms with Gasteiger partial charge in [-0.2, -0.15) is 9.40 Å². The van der Waals surface area contributed by atoms with Crippen LogP contribution in [0, 0.1) is 0 Å². The maximum atomic E-state index is 14.3. The summed E-state index contributed by atoms with van der Waals surface area (Å²) < 4.78 is 37.0. The van der Waals surface area contributed by atoms with Crippen LogP contribution in [0.25, 0.3) is 5.69 Å². The number of hydrogen-bond acceptors (Lipinski definition) is 9. The van der Waals surface area contributed by atoms with Crippen molar-refractivity contribution in [2.45, 2.75) is 82.8 Å². The number of ether oxygens (including phenoxy) is 1. The Labute approximate surface area is 354 Å². The zero-order valence-corrected chi connectivity index (χ0v) is 35.7. The van der Waals surface area contributed by atoms with Crippen molar-refractivity contribution in [3.05, 3.63) is 129 Å². The lowest BCUT2D eigenvalue weighted by atomic mass is 9.92. The van der Waals surface area contributed by atoms with Crippen molar-refractivity contribution in [2.75, 3.05) is 25.5 Å². The van der Waals surface area contributed by atoms with Gasteiger partial charge in [-0.15, -0.1) is 11.3 Å². The normalized spacial score (nSPS) is 12.6. The molecule has 0 radical (unpaired) electrons. The number of hydrogen-bond donors (Lipinski definition) is 1. The topological polar surface area (TPSA) is 148 Å². The largest absolute Gasteiger partial charge is 0.461 e. The van der Waals surface area contributed by atoms with Gasteiger partial charge in [0.15, 0.2) is 5.78 Å². The lowest BCUT2D eigenvalue weighted by Gasteiger charge is -2.31. The zero-order chi connectivity index (χ0) is 42.1. The van der Waals surface area contributed by atoms with E-state index in [1.807, 2.05) is 44.2 Å². The molecule has 6 rings (SSSR count). The maximum absolute atomic E-state index is 14.3. The van der Waals surface area contributed by atoms with Crippen LogP contribution in [0.15, 0.2) is 96.2 Å². The number of halogens is 1. The third-order valence-electron chi connectivity index (χ3n) is 10.5. The van der Waals surface area contributed by atoms with Crippen LogP contribution in [-0.2, 0) is 43.8 Å². The number of ketones is 1. The molecule has 1 aliphatic rings. The Bertz CT molecular complexity index is 2390. The van der Waals surface area contributed by atoms with Gasteiger partial charge in [0.1, 0.15) is 11.6 Å². The van der Waals surface area contributed by atoms with E-state index in [2.05, 4.69) is 10.4 Å². The number of thiophene rings is 1. The molecular weight excluding hydrogens is 810 g/mol. The number of amides is 2. The molecule has 0 bridgehead atoms. The van der Waals surface area contributed by atoms with E-state index in [9.17, 15) is 27.6 Å². The number of rotatable bonds is 18. The van der Waals surface area contributed by atoms with Gasteiger partial charge in [0.2, 0.25) is 15.9 Å². The van der Waals surface area contributed by atoms with E-state index < -0.39 is 21.9 Å². The predicted molar refractivity (Wildman–Crippen MR) is 229 cm³/mol. The van der Waals surface area contributed by atoms with Crippen LogP contribution < -0.4 is 5.32 Å². The van der Waals surface area contributed by atoms with Crippen LogP contribution in [0.3, 0.4) is 0 Å². The summed E-state index contributed by atoms with van der Waals surface area (Å²) in [6, 6.07) is 21.8. The molecule has 0 spiro atoms. The summed E-state index contributed by atoms with van der Waals surface area (Å²) in [7, 11) is -2.57. The number of carbonyl (C=O) groups excluding carboxylic acids is 4. The van der Waals surface area contributed by atoms with Crippen molar-refractivity contribution in [1.82, 2.24) is 19.0 Å². The molecule has 2 amide bonds. The van der Waals surface area contributed by atoms with E-state index in [1.165, 1.54) is 51.0 Å². The van der Waals surface area contributed by atoms with Crippen molar-refractivity contribution in [3.63, 3.8) is 0 Å². The van der Waals surface area contributed by atoms with Crippen molar-refractivity contribution in [2.24, 2.45) is 0 Å². The average Bonchev–Trinajstić information content (AvgIpc) is 3.89. The first kappa shape index (κ1) is 43.4. The van der Waals surface area contributed by atoms with E-state index in [4.69, 9.17) is 16.3 Å². The molecule has 1 aliphatic carbocycles. The van der Waals surface area contributed by atoms with Gasteiger partial charge < -0.3 is 15.0 Å². The van der Waals surface area contributed by atoms with Crippen molar-refractivity contribution in [3.8, 4) is 5.69 Å². The predicted octanol–water partition coefficient (Wildman–Crippen LogP) is 8.11. The van der Waals surface area contributed by atoms with E-state index in [0.29, 0.717) is 40.4 Å². The number of fused-ring (bicyclic) bond motifs is 1. The molecule has 5 aromatic rings. The minimum absolute atomic E-state index is 0.00657. The molecule has 310 valence electrons. The molecule has 2 heterocycles. The van der Waals surface area contributed by atoms with E-state index in [0.717, 1.165) is 41.0 Å². The average molecular weight is 858 g/mol. The fourth-order valence-electron chi connectivity index (χ4n) is 7.10. The zero-order valence-electron chi connectivity index (χ0n) is 33.4. The second-order valence-corrected chi connectivity index (χ2v) is 17.9. The summed E-state index contributed by atoms with van der Waals surface area (Å²) in [4.78, 5) is 55.8. The fraction of sp³-hybridized carbons (Fsp3) is 0.341. The van der Waals surface area contributed by atoms with Gasteiger partial charge in [0, 0.05) is 54.3 Å². The second kappa shape index (κ2) is 19.7. The number of nitrogens with one attached hydrogen (secondary N) is 1. The summed E-state index contributed by atoms with van der Waals surface area (Å²) >= 11 is 7.43. The van der Waals surface area contributed by atoms with Gasteiger partial charge in [0.25, 0.3) is 5.91 Å². The highest BCUT2D eigenvalue weighted by Gasteiger charge is 2.32. The van der Waals surface area contributed by atoms with Crippen molar-refractivity contribution in [1.29, 1.82) is 0 Å². The molecule has 12 nitrogen and oxygen atoms in total. The fourth-order valence-corrected chi connectivity index (χ4v) is 10.3. The summed E-state index contributed by atoms with van der Waals surface area (Å²) in [5, 5.41) is 8.35. The Hall–Kier alpha value is -5.15. The minimum Gasteiger partial charge on any atom is -0.461 e. The number of anilines is 1. The van der Waals surface area contributed by atoms with Gasteiger partial charge in [-0.3, -0.25) is 19.2 Å².